The largest absolute Gasteiger partial charge is 0.404 e. The monoisotopic (exact) mass is 334 g/mol. The van der Waals surface area contributed by atoms with Gasteiger partial charge in [0.2, 0.25) is 0 Å². The zero-order valence-corrected chi connectivity index (χ0v) is 14.9. The quantitative estimate of drug-likeness (QED) is 0.327. The summed E-state index contributed by atoms with van der Waals surface area (Å²) in [5, 5.41) is 6.23. The molecule has 6 heteroatoms. The third-order valence-electron chi connectivity index (χ3n) is 2.69. The number of rotatable bonds is 8. The van der Waals surface area contributed by atoms with Gasteiger partial charge in [-0.2, -0.15) is 0 Å². The van der Waals surface area contributed by atoms with Gasteiger partial charge in [-0.15, -0.1) is 23.1 Å². The van der Waals surface area contributed by atoms with Crippen LogP contribution in [0.15, 0.2) is 46.6 Å². The Hall–Kier alpha value is -1.79. The Morgan fingerprint density at radius 3 is 2.73 bits per heavy atom. The summed E-state index contributed by atoms with van der Waals surface area (Å²) in [6.45, 7) is 13.5. The number of aliphatic imine (C=N–C) groups is 1. The Labute approximate surface area is 140 Å². The summed E-state index contributed by atoms with van der Waals surface area (Å²) in [4.78, 5) is 9.58. The Bertz CT molecular complexity index is 624. The third kappa shape index (κ3) is 5.91. The van der Waals surface area contributed by atoms with Gasteiger partial charge < -0.3 is 11.1 Å². The number of allylic oxidation sites excluding steroid dienone is 3. The molecule has 0 aliphatic carbocycles. The summed E-state index contributed by atoms with van der Waals surface area (Å²) in [5.74, 6) is 0.699. The van der Waals surface area contributed by atoms with Crippen LogP contribution in [0.2, 0.25) is 0 Å². The fourth-order valence-electron chi connectivity index (χ4n) is 1.53. The predicted octanol–water partition coefficient (Wildman–Crippen LogP) is 3.97. The predicted molar refractivity (Wildman–Crippen MR) is 101 cm³/mol. The molecule has 0 saturated carbocycles. The van der Waals surface area contributed by atoms with Gasteiger partial charge in [0.25, 0.3) is 0 Å². The smallest absolute Gasteiger partial charge is 0.0904 e. The molecule has 1 aromatic rings. The molecule has 0 saturated heterocycles. The minimum Gasteiger partial charge on any atom is -0.404 e. The average molecular weight is 335 g/mol. The van der Waals surface area contributed by atoms with Gasteiger partial charge in [-0.3, -0.25) is 4.99 Å². The molecule has 0 aliphatic rings. The maximum atomic E-state index is 5.40. The van der Waals surface area contributed by atoms with Crippen molar-refractivity contribution in [3.63, 3.8) is 0 Å². The van der Waals surface area contributed by atoms with E-state index in [0.717, 1.165) is 32.5 Å². The van der Waals surface area contributed by atoms with Gasteiger partial charge in [0.1, 0.15) is 0 Å². The minimum absolute atomic E-state index is 0.699. The molecular formula is C16H22N4S2. The van der Waals surface area contributed by atoms with E-state index in [1.165, 1.54) is 0 Å². The van der Waals surface area contributed by atoms with E-state index in [-0.39, 0.29) is 0 Å². The molecule has 0 bridgehead atoms. The van der Waals surface area contributed by atoms with E-state index >= 15 is 0 Å². The van der Waals surface area contributed by atoms with E-state index in [4.69, 9.17) is 5.73 Å². The topological polar surface area (TPSA) is 63.3 Å². The summed E-state index contributed by atoms with van der Waals surface area (Å²) in [6.07, 6.45) is 5.37. The van der Waals surface area contributed by atoms with E-state index in [0.29, 0.717) is 5.88 Å². The zero-order chi connectivity index (χ0) is 16.5. The van der Waals surface area contributed by atoms with Gasteiger partial charge in [-0.1, -0.05) is 12.7 Å². The molecule has 0 unspecified atom stereocenters. The van der Waals surface area contributed by atoms with Crippen molar-refractivity contribution in [3.05, 3.63) is 57.2 Å². The van der Waals surface area contributed by atoms with Gasteiger partial charge in [0, 0.05) is 5.70 Å². The zero-order valence-electron chi connectivity index (χ0n) is 13.2. The number of nitrogens with two attached hydrogens (primary N) is 1. The SMILES string of the molecule is C=N/C(=C\SCNC(=C)/C=C\C(C)=C/N)c1sc(C)nc1C. The molecule has 22 heavy (non-hydrogen) atoms. The number of hydrogen-bond acceptors (Lipinski definition) is 6. The number of hydrogen-bond donors (Lipinski definition) is 2. The highest BCUT2D eigenvalue weighted by Gasteiger charge is 2.08. The van der Waals surface area contributed by atoms with E-state index in [2.05, 4.69) is 28.6 Å². The van der Waals surface area contributed by atoms with Gasteiger partial charge in [0.15, 0.2) is 0 Å². The Kier molecular flexibility index (Phi) is 7.70. The van der Waals surface area contributed by atoms with Crippen molar-refractivity contribution >= 4 is 35.5 Å². The van der Waals surface area contributed by atoms with Gasteiger partial charge in [-0.25, -0.2) is 4.98 Å². The Morgan fingerprint density at radius 2 is 2.18 bits per heavy atom. The molecule has 0 radical (unpaired) electrons. The second-order valence-electron chi connectivity index (χ2n) is 4.57. The normalized spacial score (nSPS) is 12.7. The molecular weight excluding hydrogens is 312 g/mol. The molecule has 118 valence electrons. The number of aromatic nitrogens is 1. The van der Waals surface area contributed by atoms with Crippen LogP contribution in [0.1, 0.15) is 22.5 Å². The van der Waals surface area contributed by atoms with Gasteiger partial charge >= 0.3 is 0 Å². The standard InChI is InChI=1S/C16H22N4S2/c1-11(8-17)6-7-12(2)19-10-21-9-15(18-5)16-13(3)20-14(4)22-16/h6-9,19H,2,5,10,17H2,1,3-4H3/b7-6-,11-8-,15-9-. The first-order chi connectivity index (χ1) is 10.5. The maximum absolute atomic E-state index is 5.40. The van der Waals surface area contributed by atoms with Crippen LogP contribution in [0.4, 0.5) is 0 Å². The van der Waals surface area contributed by atoms with Crippen molar-refractivity contribution in [2.75, 3.05) is 5.88 Å². The summed E-state index contributed by atoms with van der Waals surface area (Å²) in [5.41, 5.74) is 9.08. The molecule has 1 heterocycles. The molecule has 3 N–H and O–H groups in total. The first kappa shape index (κ1) is 18.3. The first-order valence-electron chi connectivity index (χ1n) is 6.70. The molecule has 0 fully saturated rings. The van der Waals surface area contributed by atoms with E-state index < -0.39 is 0 Å². The number of thioether (sulfide) groups is 1. The second kappa shape index (κ2) is 9.27. The van der Waals surface area contributed by atoms with Crippen molar-refractivity contribution in [2.45, 2.75) is 20.8 Å². The summed E-state index contributed by atoms with van der Waals surface area (Å²) in [7, 11) is 0. The van der Waals surface area contributed by atoms with Crippen LogP contribution in [-0.4, -0.2) is 17.6 Å². The second-order valence-corrected chi connectivity index (χ2v) is 6.63. The highest BCUT2D eigenvalue weighted by molar-refractivity contribution is 8.02. The summed E-state index contributed by atoms with van der Waals surface area (Å²) in [6, 6.07) is 0. The maximum Gasteiger partial charge on any atom is 0.0904 e. The van der Waals surface area contributed by atoms with E-state index in [9.17, 15) is 0 Å². The van der Waals surface area contributed by atoms with Crippen LogP contribution >= 0.6 is 23.1 Å². The van der Waals surface area contributed by atoms with Crippen LogP contribution in [-0.2, 0) is 0 Å². The van der Waals surface area contributed by atoms with Crippen molar-refractivity contribution in [2.24, 2.45) is 10.7 Å². The van der Waals surface area contributed by atoms with Crippen LogP contribution in [0.5, 0.6) is 0 Å². The lowest BCUT2D eigenvalue weighted by molar-refractivity contribution is 1.01. The summed E-state index contributed by atoms with van der Waals surface area (Å²) < 4.78 is 0. The fraction of sp³-hybridized carbons (Fsp3) is 0.250. The number of thiazole rings is 1. The van der Waals surface area contributed by atoms with E-state index in [1.54, 1.807) is 29.3 Å². The van der Waals surface area contributed by atoms with Crippen molar-refractivity contribution in [1.82, 2.24) is 10.3 Å². The van der Waals surface area contributed by atoms with E-state index in [1.807, 2.05) is 38.3 Å². The lowest BCUT2D eigenvalue weighted by atomic mass is 10.3. The fourth-order valence-corrected chi connectivity index (χ4v) is 3.21. The lowest BCUT2D eigenvalue weighted by Gasteiger charge is -2.04. The molecule has 1 aromatic heterocycles. The first-order valence-corrected chi connectivity index (χ1v) is 8.56. The van der Waals surface area contributed by atoms with Crippen molar-refractivity contribution < 1.29 is 0 Å². The van der Waals surface area contributed by atoms with Gasteiger partial charge in [0.05, 0.1) is 27.2 Å². The molecule has 4 nitrogen and oxygen atoms in total. The van der Waals surface area contributed by atoms with Crippen molar-refractivity contribution in [3.8, 4) is 0 Å². The molecule has 0 amide bonds. The third-order valence-corrected chi connectivity index (χ3v) is 4.49. The minimum atomic E-state index is 0.699. The molecule has 0 aliphatic heterocycles. The Balaban J connectivity index is 2.54. The van der Waals surface area contributed by atoms with Crippen LogP contribution < -0.4 is 11.1 Å². The number of nitrogens with one attached hydrogen (secondary N) is 1. The molecule has 0 aromatic carbocycles. The molecule has 1 rings (SSSR count). The van der Waals surface area contributed by atoms with Crippen LogP contribution in [0.3, 0.4) is 0 Å². The number of nitrogens with zero attached hydrogens (tertiary/aromatic N) is 2. The Morgan fingerprint density at radius 1 is 1.45 bits per heavy atom. The molecule has 0 atom stereocenters. The molecule has 0 spiro atoms. The lowest BCUT2D eigenvalue weighted by Crippen LogP contribution is -2.08. The van der Waals surface area contributed by atoms with Crippen molar-refractivity contribution in [1.29, 1.82) is 0 Å². The van der Waals surface area contributed by atoms with Crippen LogP contribution in [0.25, 0.3) is 5.70 Å². The summed E-state index contributed by atoms with van der Waals surface area (Å²) >= 11 is 3.24. The highest BCUT2D eigenvalue weighted by atomic mass is 32.2. The van der Waals surface area contributed by atoms with Gasteiger partial charge in [-0.05, 0) is 50.7 Å². The highest BCUT2D eigenvalue weighted by Crippen LogP contribution is 2.28. The van der Waals surface area contributed by atoms with Crippen LogP contribution in [0, 0.1) is 13.8 Å². The number of aryl methyl sites for hydroxylation is 2. The average Bonchev–Trinajstić information content (AvgIpc) is 2.83.